The number of allylic oxidation sites excluding steroid dienone is 1. The number of carboxylic acid groups (broad SMARTS) is 1. The number of hydrogen-bond donors (Lipinski definition) is 5. The number of benzene rings is 2. The fourth-order valence-electron chi connectivity index (χ4n) is 6.77. The summed E-state index contributed by atoms with van der Waals surface area (Å²) in [6.07, 6.45) is -3.33. The van der Waals surface area contributed by atoms with Crippen LogP contribution in [0.15, 0.2) is 52.8 Å². The average Bonchev–Trinajstić information content (AvgIpc) is 3.77. The number of nitrogens with one attached hydrogen (secondary N) is 1. The van der Waals surface area contributed by atoms with E-state index in [2.05, 4.69) is 11.2 Å². The maximum absolute atomic E-state index is 11.8. The van der Waals surface area contributed by atoms with Crippen LogP contribution in [0.3, 0.4) is 0 Å². The number of aliphatic hydroxyl groups is 3. The van der Waals surface area contributed by atoms with Gasteiger partial charge >= 0.3 is 11.9 Å². The molecule has 254 valence electrons. The highest BCUT2D eigenvalue weighted by molar-refractivity contribution is 5.90. The van der Waals surface area contributed by atoms with Gasteiger partial charge in [-0.05, 0) is 18.2 Å². The minimum absolute atomic E-state index is 0.138. The Morgan fingerprint density at radius 1 is 1.08 bits per heavy atom. The smallest absolute Gasteiger partial charge is 0.317 e. The molecule has 8 atom stereocenters. The quantitative estimate of drug-likeness (QED) is 0.165. The zero-order valence-corrected chi connectivity index (χ0v) is 26.0. The monoisotopic (exact) mass is 667 g/mol. The SMILES string of the molecule is COc1ccc2c(c1OC)OC1c3c(C[NH+]4C=C5N=CC=C5C4)cc(OC4OC(COC(=O)CC(=O)O)C(O)C(O)C4O)cc3OCC21. The summed E-state index contributed by atoms with van der Waals surface area (Å²) in [6, 6.07) is 7.23. The van der Waals surface area contributed by atoms with Crippen LogP contribution in [0.4, 0.5) is 0 Å². The number of fused-ring (bicyclic) bond motifs is 6. The topological polar surface area (TPSA) is 196 Å². The first-order chi connectivity index (χ1) is 23.1. The van der Waals surface area contributed by atoms with Crippen molar-refractivity contribution in [1.29, 1.82) is 0 Å². The van der Waals surface area contributed by atoms with E-state index in [1.54, 1.807) is 32.6 Å². The zero-order chi connectivity index (χ0) is 33.7. The van der Waals surface area contributed by atoms with Crippen molar-refractivity contribution < 1.29 is 68.1 Å². The number of ether oxygens (including phenoxy) is 7. The van der Waals surface area contributed by atoms with Crippen molar-refractivity contribution in [1.82, 2.24) is 0 Å². The number of methoxy groups -OCH3 is 2. The molecule has 0 aromatic heterocycles. The Hall–Kier alpha value is -4.67. The molecule has 48 heavy (non-hydrogen) atoms. The summed E-state index contributed by atoms with van der Waals surface area (Å²) in [6.45, 7) is 0.936. The van der Waals surface area contributed by atoms with Crippen LogP contribution in [0.25, 0.3) is 0 Å². The lowest BCUT2D eigenvalue weighted by Gasteiger charge is -2.40. The van der Waals surface area contributed by atoms with Crippen LogP contribution >= 0.6 is 0 Å². The van der Waals surface area contributed by atoms with E-state index < -0.39 is 61.8 Å². The van der Waals surface area contributed by atoms with Crippen molar-refractivity contribution in [2.45, 2.75) is 55.7 Å². The maximum Gasteiger partial charge on any atom is 0.317 e. The van der Waals surface area contributed by atoms with Gasteiger partial charge in [0, 0.05) is 34.5 Å². The number of nitrogens with zero attached hydrogens (tertiary/aromatic N) is 1. The first-order valence-electron chi connectivity index (χ1n) is 15.4. The second kappa shape index (κ2) is 12.7. The third-order valence-corrected chi connectivity index (χ3v) is 9.06. The van der Waals surface area contributed by atoms with E-state index >= 15 is 0 Å². The van der Waals surface area contributed by atoms with Gasteiger partial charge in [0.2, 0.25) is 12.0 Å². The van der Waals surface area contributed by atoms with Gasteiger partial charge in [-0.1, -0.05) is 6.07 Å². The van der Waals surface area contributed by atoms with Gasteiger partial charge in [-0.25, -0.2) is 0 Å². The Morgan fingerprint density at radius 2 is 1.92 bits per heavy atom. The largest absolute Gasteiger partial charge is 0.493 e. The molecule has 1 saturated heterocycles. The standard InChI is InChI=1S/C33H34N2O13/c1-42-21-4-3-18-19-13-44-22-8-17(46-33-29(41)28(40)27(39)23(47-33)14-45-25(38)9-24(36)37)7-16(11-35-10-15-5-6-34-20(15)12-35)26(22)30(19)48-31(18)32(21)43-2/h3-8,12,19,23,27-30,33,39-41H,9-11,13-14H2,1-2H3,(H,36,37)/p+1. The Labute approximate surface area is 274 Å². The van der Waals surface area contributed by atoms with Gasteiger partial charge in [0.1, 0.15) is 80.0 Å². The minimum Gasteiger partial charge on any atom is -0.493 e. The molecule has 7 rings (SSSR count). The van der Waals surface area contributed by atoms with E-state index in [0.29, 0.717) is 42.7 Å². The van der Waals surface area contributed by atoms with Gasteiger partial charge < -0.3 is 53.6 Å². The molecule has 15 heteroatoms. The Morgan fingerprint density at radius 3 is 2.67 bits per heavy atom. The number of carbonyl (C=O) groups excluding carboxylic acids is 1. The Kier molecular flexibility index (Phi) is 8.47. The van der Waals surface area contributed by atoms with E-state index in [9.17, 15) is 24.9 Å². The van der Waals surface area contributed by atoms with Crippen molar-refractivity contribution in [2.75, 3.05) is 34.0 Å². The third-order valence-electron chi connectivity index (χ3n) is 9.06. The molecular weight excluding hydrogens is 632 g/mol. The number of esters is 1. The van der Waals surface area contributed by atoms with Gasteiger partial charge in [0.05, 0.1) is 26.7 Å². The van der Waals surface area contributed by atoms with Crippen LogP contribution in [0.2, 0.25) is 0 Å². The Balaban J connectivity index is 1.19. The first-order valence-corrected chi connectivity index (χ1v) is 15.4. The minimum atomic E-state index is -1.72. The zero-order valence-electron chi connectivity index (χ0n) is 26.0. The lowest BCUT2D eigenvalue weighted by molar-refractivity contribution is -0.851. The molecule has 1 fully saturated rings. The molecule has 2 aromatic rings. The lowest BCUT2D eigenvalue weighted by atomic mass is 9.86. The normalized spacial score (nSPS) is 29.3. The van der Waals surface area contributed by atoms with E-state index in [-0.39, 0.29) is 11.7 Å². The summed E-state index contributed by atoms with van der Waals surface area (Å²) < 4.78 is 40.8. The predicted octanol–water partition coefficient (Wildman–Crippen LogP) is -0.231. The van der Waals surface area contributed by atoms with Gasteiger partial charge in [-0.3, -0.25) is 19.5 Å². The summed E-state index contributed by atoms with van der Waals surface area (Å²) >= 11 is 0. The van der Waals surface area contributed by atoms with Crippen molar-refractivity contribution in [3.8, 4) is 28.7 Å². The van der Waals surface area contributed by atoms with Crippen molar-refractivity contribution in [2.24, 2.45) is 4.99 Å². The molecule has 0 amide bonds. The fraction of sp³-hybridized carbons (Fsp3) is 0.424. The van der Waals surface area contributed by atoms with E-state index in [1.165, 1.54) is 0 Å². The summed E-state index contributed by atoms with van der Waals surface area (Å²) in [4.78, 5) is 28.1. The number of aliphatic hydroxyl groups excluding tert-OH is 3. The molecule has 2 aromatic carbocycles. The Bertz CT molecular complexity index is 1720. The van der Waals surface area contributed by atoms with Gasteiger partial charge in [0.15, 0.2) is 11.5 Å². The summed E-state index contributed by atoms with van der Waals surface area (Å²) in [5.41, 5.74) is 4.63. The van der Waals surface area contributed by atoms with Crippen molar-refractivity contribution in [3.05, 3.63) is 64.5 Å². The molecule has 0 spiro atoms. The molecule has 0 saturated carbocycles. The molecule has 0 bridgehead atoms. The lowest BCUT2D eigenvalue weighted by Crippen LogP contribution is -3.04. The summed E-state index contributed by atoms with van der Waals surface area (Å²) in [5.74, 6) is -0.213. The highest BCUT2D eigenvalue weighted by Gasteiger charge is 2.47. The number of hydrogen-bond acceptors (Lipinski definition) is 13. The van der Waals surface area contributed by atoms with Gasteiger partial charge in [-0.2, -0.15) is 0 Å². The highest BCUT2D eigenvalue weighted by atomic mass is 16.7. The third kappa shape index (κ3) is 5.73. The van der Waals surface area contributed by atoms with Gasteiger partial charge in [0.25, 0.3) is 0 Å². The molecular formula is C33H35N2O13+. The second-order valence-corrected chi connectivity index (χ2v) is 12.1. The number of carbonyl (C=O) groups is 2. The molecule has 5 heterocycles. The molecule has 5 aliphatic heterocycles. The van der Waals surface area contributed by atoms with Crippen LogP contribution < -0.4 is 28.6 Å². The second-order valence-electron chi connectivity index (χ2n) is 12.1. The number of quaternary nitrogens is 1. The predicted molar refractivity (Wildman–Crippen MR) is 162 cm³/mol. The van der Waals surface area contributed by atoms with Gasteiger partial charge in [-0.15, -0.1) is 0 Å². The number of aliphatic carboxylic acids is 1. The van der Waals surface area contributed by atoms with E-state index in [1.807, 2.05) is 18.2 Å². The van der Waals surface area contributed by atoms with Crippen LogP contribution in [-0.4, -0.2) is 103 Å². The highest BCUT2D eigenvalue weighted by Crippen LogP contribution is 2.57. The van der Waals surface area contributed by atoms with Crippen molar-refractivity contribution >= 4 is 18.2 Å². The molecule has 5 N–H and O–H groups in total. The maximum atomic E-state index is 11.8. The van der Waals surface area contributed by atoms with Crippen LogP contribution in [0.1, 0.15) is 35.1 Å². The number of carboxylic acids is 1. The molecule has 0 radical (unpaired) electrons. The van der Waals surface area contributed by atoms with Crippen LogP contribution in [0, 0.1) is 0 Å². The van der Waals surface area contributed by atoms with Crippen LogP contribution in [-0.2, 0) is 25.6 Å². The molecule has 5 aliphatic rings. The summed E-state index contributed by atoms with van der Waals surface area (Å²) in [7, 11) is 3.12. The fourth-order valence-corrected chi connectivity index (χ4v) is 6.77. The molecule has 0 aliphatic carbocycles. The molecule has 15 nitrogen and oxygen atoms in total. The van der Waals surface area contributed by atoms with Crippen LogP contribution in [0.5, 0.6) is 28.7 Å². The average molecular weight is 668 g/mol. The number of aliphatic imine (C=N–C) groups is 1. The van der Waals surface area contributed by atoms with Crippen molar-refractivity contribution in [3.63, 3.8) is 0 Å². The van der Waals surface area contributed by atoms with E-state index in [0.717, 1.165) is 32.9 Å². The summed E-state index contributed by atoms with van der Waals surface area (Å²) in [5, 5.41) is 40.6. The molecule has 8 unspecified atom stereocenters. The first kappa shape index (κ1) is 31.9. The number of rotatable bonds is 10. The van der Waals surface area contributed by atoms with E-state index in [4.69, 9.17) is 38.3 Å².